The van der Waals surface area contributed by atoms with Gasteiger partial charge in [-0.05, 0) is 86.0 Å². The Labute approximate surface area is 196 Å². The molecule has 5 rings (SSSR count). The molecule has 1 heterocycles. The van der Waals surface area contributed by atoms with Gasteiger partial charge < -0.3 is 14.2 Å². The van der Waals surface area contributed by atoms with Crippen LogP contribution >= 0.6 is 0 Å². The molecule has 4 saturated carbocycles. The quantitative estimate of drug-likeness (QED) is 0.338. The van der Waals surface area contributed by atoms with Crippen LogP contribution in [-0.2, 0) is 28.6 Å². The lowest BCUT2D eigenvalue weighted by Crippen LogP contribution is -2.58. The Morgan fingerprint density at radius 1 is 0.939 bits per heavy atom. The van der Waals surface area contributed by atoms with E-state index in [1.54, 1.807) is 0 Å². The number of fused-ring (bicyclic) bond motifs is 7. The molecule has 0 saturated heterocycles. The van der Waals surface area contributed by atoms with Crippen LogP contribution in [0.1, 0.15) is 86.0 Å². The van der Waals surface area contributed by atoms with Crippen molar-refractivity contribution in [1.29, 1.82) is 0 Å². The van der Waals surface area contributed by atoms with Gasteiger partial charge in [-0.2, -0.15) is 0 Å². The van der Waals surface area contributed by atoms with Gasteiger partial charge >= 0.3 is 17.9 Å². The second-order valence-corrected chi connectivity index (χ2v) is 11.9. The van der Waals surface area contributed by atoms with Gasteiger partial charge in [-0.25, -0.2) is 0 Å². The molecule has 4 fully saturated rings. The third-order valence-electron chi connectivity index (χ3n) is 10.2. The molecular formula is C27H38O6. The molecule has 0 spiro atoms. The monoisotopic (exact) mass is 458 g/mol. The summed E-state index contributed by atoms with van der Waals surface area (Å²) in [6, 6.07) is 0. The highest BCUT2D eigenvalue weighted by Crippen LogP contribution is 2.68. The number of hydrogen-bond donors (Lipinski definition) is 0. The second-order valence-electron chi connectivity index (χ2n) is 11.9. The van der Waals surface area contributed by atoms with Crippen molar-refractivity contribution >= 4 is 17.9 Å². The van der Waals surface area contributed by atoms with Crippen molar-refractivity contribution in [1.82, 2.24) is 0 Å². The fourth-order valence-electron chi connectivity index (χ4n) is 9.10. The van der Waals surface area contributed by atoms with E-state index in [0.717, 1.165) is 44.9 Å². The maximum absolute atomic E-state index is 12.2. The van der Waals surface area contributed by atoms with Crippen molar-refractivity contribution in [3.8, 4) is 0 Å². The summed E-state index contributed by atoms with van der Waals surface area (Å²) in [5.74, 6) is 1.04. The minimum Gasteiger partial charge on any atom is -0.463 e. The lowest BCUT2D eigenvalue weighted by molar-refractivity contribution is -0.194. The van der Waals surface area contributed by atoms with Gasteiger partial charge in [0.1, 0.15) is 18.3 Å². The first-order valence-corrected chi connectivity index (χ1v) is 12.8. The summed E-state index contributed by atoms with van der Waals surface area (Å²) in [6.07, 6.45) is 6.70. The summed E-state index contributed by atoms with van der Waals surface area (Å²) < 4.78 is 17.5. The van der Waals surface area contributed by atoms with Crippen LogP contribution in [0.15, 0.2) is 11.1 Å². The first-order chi connectivity index (χ1) is 15.5. The van der Waals surface area contributed by atoms with Gasteiger partial charge in [0.15, 0.2) is 0 Å². The summed E-state index contributed by atoms with van der Waals surface area (Å²) >= 11 is 0. The molecule has 0 aromatic carbocycles. The largest absolute Gasteiger partial charge is 0.463 e. The molecular weight excluding hydrogens is 420 g/mol. The topological polar surface area (TPSA) is 78.9 Å². The average molecular weight is 459 g/mol. The molecule has 0 radical (unpaired) electrons. The van der Waals surface area contributed by atoms with Gasteiger partial charge in [-0.1, -0.05) is 19.4 Å². The van der Waals surface area contributed by atoms with E-state index in [2.05, 4.69) is 20.8 Å². The Bertz CT molecular complexity index is 906. The molecule has 1 aliphatic heterocycles. The van der Waals surface area contributed by atoms with Crippen LogP contribution in [0.3, 0.4) is 0 Å². The molecule has 33 heavy (non-hydrogen) atoms. The van der Waals surface area contributed by atoms with E-state index in [4.69, 9.17) is 14.2 Å². The first-order valence-electron chi connectivity index (χ1n) is 12.8. The van der Waals surface area contributed by atoms with Crippen LogP contribution in [0.5, 0.6) is 0 Å². The van der Waals surface area contributed by atoms with Crippen molar-refractivity contribution in [2.75, 3.05) is 0 Å². The molecule has 0 aromatic heterocycles. The fraction of sp³-hybridized carbons (Fsp3) is 0.815. The summed E-state index contributed by atoms with van der Waals surface area (Å²) in [4.78, 5) is 35.9. The van der Waals surface area contributed by atoms with E-state index < -0.39 is 0 Å². The van der Waals surface area contributed by atoms with Crippen molar-refractivity contribution in [3.05, 3.63) is 11.1 Å². The summed E-state index contributed by atoms with van der Waals surface area (Å²) in [5, 5.41) is 0. The van der Waals surface area contributed by atoms with Crippen LogP contribution in [-0.4, -0.2) is 36.2 Å². The van der Waals surface area contributed by atoms with Gasteiger partial charge in [-0.15, -0.1) is 0 Å². The highest BCUT2D eigenvalue weighted by atomic mass is 16.6. The first kappa shape index (κ1) is 22.9. The molecule has 6 nitrogen and oxygen atoms in total. The predicted molar refractivity (Wildman–Crippen MR) is 121 cm³/mol. The molecule has 6 heteroatoms. The lowest BCUT2D eigenvalue weighted by atomic mass is 9.44. The van der Waals surface area contributed by atoms with E-state index >= 15 is 0 Å². The zero-order chi connectivity index (χ0) is 23.7. The smallest absolute Gasteiger partial charge is 0.310 e. The highest BCUT2D eigenvalue weighted by Gasteiger charge is 2.64. The standard InChI is InChI=1S/C27H38O6/c1-14-10-24(30)33-23-13-20-18-12-22(32-16(3)29)21-11-17(31-15(2)28)6-8-26(21,4)19(18)7-9-27(20,5)25(14)23/h17-23H,6-13H2,1-5H3/t17-,18+,19-,20-,21+,22+,23?,26+,27-/m0/s1. The van der Waals surface area contributed by atoms with Crippen molar-refractivity contribution in [2.45, 2.75) is 104 Å². The third-order valence-corrected chi connectivity index (χ3v) is 10.2. The minimum atomic E-state index is -0.235. The van der Waals surface area contributed by atoms with Crippen LogP contribution in [0.25, 0.3) is 0 Å². The number of ether oxygens (including phenoxy) is 3. The Hall–Kier alpha value is -1.85. The van der Waals surface area contributed by atoms with Crippen molar-refractivity contribution in [3.63, 3.8) is 0 Å². The van der Waals surface area contributed by atoms with E-state index in [0.29, 0.717) is 24.2 Å². The maximum atomic E-state index is 12.2. The van der Waals surface area contributed by atoms with Crippen LogP contribution in [0.2, 0.25) is 0 Å². The van der Waals surface area contributed by atoms with Gasteiger partial charge in [0, 0.05) is 19.8 Å². The van der Waals surface area contributed by atoms with Crippen LogP contribution in [0.4, 0.5) is 0 Å². The van der Waals surface area contributed by atoms with E-state index in [9.17, 15) is 14.4 Å². The SMILES string of the molecule is CC(=O)O[C@H]1CC[C@@]2(C)[C@H](C1)[C@H](OC(C)=O)C[C@@H]1[C@@H]2CC[C@]2(C)C3=C(C)CC(=O)OC3C[C@@H]12. The van der Waals surface area contributed by atoms with Crippen LogP contribution in [0, 0.1) is 34.5 Å². The molecule has 0 bridgehead atoms. The molecule has 5 aliphatic rings. The number of carbonyl (C=O) groups excluding carboxylic acids is 3. The summed E-state index contributed by atoms with van der Waals surface area (Å²) in [6.45, 7) is 9.86. The zero-order valence-corrected chi connectivity index (χ0v) is 20.6. The Kier molecular flexibility index (Phi) is 5.45. The molecule has 182 valence electrons. The number of hydrogen-bond acceptors (Lipinski definition) is 6. The van der Waals surface area contributed by atoms with E-state index in [-0.39, 0.29) is 53.0 Å². The molecule has 1 unspecified atom stereocenters. The third kappa shape index (κ3) is 3.54. The van der Waals surface area contributed by atoms with Crippen LogP contribution < -0.4 is 0 Å². The average Bonchev–Trinajstić information content (AvgIpc) is 3.00. The summed E-state index contributed by atoms with van der Waals surface area (Å²) in [5.41, 5.74) is 2.68. The Morgan fingerprint density at radius 2 is 1.67 bits per heavy atom. The predicted octanol–water partition coefficient (Wildman–Crippen LogP) is 4.74. The van der Waals surface area contributed by atoms with E-state index in [1.807, 2.05) is 0 Å². The van der Waals surface area contributed by atoms with Crippen molar-refractivity contribution in [2.24, 2.45) is 34.5 Å². The van der Waals surface area contributed by atoms with Crippen molar-refractivity contribution < 1.29 is 28.6 Å². The Morgan fingerprint density at radius 3 is 2.36 bits per heavy atom. The van der Waals surface area contributed by atoms with Gasteiger partial charge in [-0.3, -0.25) is 14.4 Å². The molecule has 0 aromatic rings. The molecule has 9 atom stereocenters. The van der Waals surface area contributed by atoms with Gasteiger partial charge in [0.2, 0.25) is 0 Å². The normalized spacial score (nSPS) is 46.3. The van der Waals surface area contributed by atoms with Gasteiger partial charge in [0.05, 0.1) is 6.42 Å². The maximum Gasteiger partial charge on any atom is 0.310 e. The number of rotatable bonds is 2. The lowest BCUT2D eigenvalue weighted by Gasteiger charge is -2.62. The highest BCUT2D eigenvalue weighted by molar-refractivity contribution is 5.75. The number of carbonyl (C=O) groups is 3. The second kappa shape index (κ2) is 7.84. The fourth-order valence-corrected chi connectivity index (χ4v) is 9.10. The van der Waals surface area contributed by atoms with E-state index in [1.165, 1.54) is 25.0 Å². The number of esters is 3. The van der Waals surface area contributed by atoms with Gasteiger partial charge in [0.25, 0.3) is 0 Å². The minimum absolute atomic E-state index is 0.0505. The summed E-state index contributed by atoms with van der Waals surface area (Å²) in [7, 11) is 0. The molecule has 0 amide bonds. The zero-order valence-electron chi connectivity index (χ0n) is 20.6. The Balaban J connectivity index is 1.48. The molecule has 4 aliphatic carbocycles. The molecule has 0 N–H and O–H groups in total.